The summed E-state index contributed by atoms with van der Waals surface area (Å²) in [4.78, 5) is 16.8. The Hall–Kier alpha value is -2.18. The molecular formula is C19H24N2O4. The summed E-state index contributed by atoms with van der Waals surface area (Å²) in [6.07, 6.45) is 2.75. The maximum Gasteiger partial charge on any atom is 0.251 e. The lowest BCUT2D eigenvalue weighted by molar-refractivity contribution is -0.0457. The Kier molecular flexibility index (Phi) is 5.50. The molecule has 3 rings (SSSR count). The van der Waals surface area contributed by atoms with Crippen LogP contribution in [0.5, 0.6) is 0 Å². The topological polar surface area (TPSA) is 73.6 Å². The Balaban J connectivity index is 1.67. The lowest BCUT2D eigenvalue weighted by Crippen LogP contribution is -2.50. The van der Waals surface area contributed by atoms with Crippen molar-refractivity contribution in [2.45, 2.75) is 39.3 Å². The highest BCUT2D eigenvalue weighted by molar-refractivity contribution is 5.97. The van der Waals surface area contributed by atoms with E-state index >= 15 is 0 Å². The highest BCUT2D eigenvalue weighted by atomic mass is 16.5. The first kappa shape index (κ1) is 17.6. The molecule has 0 aliphatic carbocycles. The minimum atomic E-state index is -0.168. The second-order valence-electron chi connectivity index (χ2n) is 6.51. The molecule has 0 saturated carbocycles. The lowest BCUT2D eigenvalue weighted by atomic mass is 10.1. The number of hydrogen-bond acceptors (Lipinski definition) is 5. The molecule has 1 aromatic carbocycles. The van der Waals surface area contributed by atoms with Gasteiger partial charge in [-0.15, -0.1) is 0 Å². The second-order valence-corrected chi connectivity index (χ2v) is 6.51. The number of carbonyl (C=O) groups is 1. The molecule has 1 aliphatic heterocycles. The summed E-state index contributed by atoms with van der Waals surface area (Å²) in [6.45, 7) is 7.50. The standard InChI is InChI=1S/C19H24N2O4/c1-12(2)6-9-24-17-7-8-23-11-16(17)21-19(22)14-4-5-15-18(10-14)25-13(3)20-15/h4-6,10,16-17H,7-9,11H2,1-3H3,(H,21,22)/t16-,17+/m0/s1. The number of rotatable bonds is 5. The molecule has 1 N–H and O–H groups in total. The van der Waals surface area contributed by atoms with Crippen LogP contribution in [0.1, 0.15) is 36.5 Å². The van der Waals surface area contributed by atoms with Gasteiger partial charge in [-0.2, -0.15) is 0 Å². The van der Waals surface area contributed by atoms with Crippen molar-refractivity contribution in [1.82, 2.24) is 10.3 Å². The molecule has 1 aromatic heterocycles. The van der Waals surface area contributed by atoms with Crippen molar-refractivity contribution in [3.63, 3.8) is 0 Å². The predicted octanol–water partition coefficient (Wildman–Crippen LogP) is 3.01. The Labute approximate surface area is 147 Å². The van der Waals surface area contributed by atoms with Crippen molar-refractivity contribution >= 4 is 17.0 Å². The summed E-state index contributed by atoms with van der Waals surface area (Å²) >= 11 is 0. The number of nitrogens with zero attached hydrogens (tertiary/aromatic N) is 1. The molecule has 0 radical (unpaired) electrons. The first-order valence-corrected chi connectivity index (χ1v) is 8.53. The van der Waals surface area contributed by atoms with Gasteiger partial charge in [0.2, 0.25) is 0 Å². The van der Waals surface area contributed by atoms with Gasteiger partial charge in [-0.3, -0.25) is 4.79 Å². The van der Waals surface area contributed by atoms with E-state index in [1.165, 1.54) is 5.57 Å². The maximum absolute atomic E-state index is 12.6. The Morgan fingerprint density at radius 2 is 2.28 bits per heavy atom. The molecule has 0 bridgehead atoms. The van der Waals surface area contributed by atoms with Gasteiger partial charge < -0.3 is 19.2 Å². The zero-order valence-electron chi connectivity index (χ0n) is 14.9. The first-order valence-electron chi connectivity index (χ1n) is 8.53. The molecule has 134 valence electrons. The SMILES string of the molecule is CC(C)=CCO[C@@H]1CCOC[C@@H]1NC(=O)c1ccc2nc(C)oc2c1. The summed E-state index contributed by atoms with van der Waals surface area (Å²) in [5.41, 5.74) is 3.11. The van der Waals surface area contributed by atoms with Gasteiger partial charge >= 0.3 is 0 Å². The molecule has 2 heterocycles. The summed E-state index contributed by atoms with van der Waals surface area (Å²) in [7, 11) is 0. The van der Waals surface area contributed by atoms with Crippen LogP contribution in [-0.4, -0.2) is 42.9 Å². The molecule has 2 atom stereocenters. The average molecular weight is 344 g/mol. The van der Waals surface area contributed by atoms with Crippen molar-refractivity contribution in [3.8, 4) is 0 Å². The van der Waals surface area contributed by atoms with Gasteiger partial charge in [0.05, 0.1) is 25.4 Å². The Bertz CT molecular complexity index is 777. The molecule has 6 nitrogen and oxygen atoms in total. The van der Waals surface area contributed by atoms with E-state index < -0.39 is 0 Å². The zero-order chi connectivity index (χ0) is 17.8. The fourth-order valence-corrected chi connectivity index (χ4v) is 2.82. The highest BCUT2D eigenvalue weighted by Crippen LogP contribution is 2.18. The van der Waals surface area contributed by atoms with Gasteiger partial charge in [-0.05, 0) is 38.5 Å². The Morgan fingerprint density at radius 1 is 1.44 bits per heavy atom. The van der Waals surface area contributed by atoms with Gasteiger partial charge in [-0.1, -0.05) is 11.6 Å². The molecule has 25 heavy (non-hydrogen) atoms. The van der Waals surface area contributed by atoms with Crippen molar-refractivity contribution in [1.29, 1.82) is 0 Å². The fourth-order valence-electron chi connectivity index (χ4n) is 2.82. The molecule has 1 aliphatic rings. The molecule has 2 aromatic rings. The number of carbonyl (C=O) groups excluding carboxylic acids is 1. The number of allylic oxidation sites excluding steroid dienone is 1. The van der Waals surface area contributed by atoms with Gasteiger partial charge in [-0.25, -0.2) is 4.98 Å². The van der Waals surface area contributed by atoms with E-state index in [9.17, 15) is 4.79 Å². The first-order chi connectivity index (χ1) is 12.0. The summed E-state index contributed by atoms with van der Waals surface area (Å²) < 4.78 is 16.9. The molecule has 1 saturated heterocycles. The van der Waals surface area contributed by atoms with Crippen LogP contribution in [-0.2, 0) is 9.47 Å². The summed E-state index contributed by atoms with van der Waals surface area (Å²) in [5.74, 6) is 0.420. The monoisotopic (exact) mass is 344 g/mol. The lowest BCUT2D eigenvalue weighted by Gasteiger charge is -2.31. The maximum atomic E-state index is 12.6. The van der Waals surface area contributed by atoms with Crippen molar-refractivity contribution in [2.24, 2.45) is 0 Å². The van der Waals surface area contributed by atoms with Gasteiger partial charge in [0.25, 0.3) is 5.91 Å². The van der Waals surface area contributed by atoms with Crippen molar-refractivity contribution < 1.29 is 18.7 Å². The van der Waals surface area contributed by atoms with Crippen LogP contribution in [0.2, 0.25) is 0 Å². The predicted molar refractivity (Wildman–Crippen MR) is 94.6 cm³/mol. The number of benzene rings is 1. The van der Waals surface area contributed by atoms with Gasteiger partial charge in [0.1, 0.15) is 5.52 Å². The van der Waals surface area contributed by atoms with Crippen LogP contribution in [0.15, 0.2) is 34.3 Å². The number of aryl methyl sites for hydroxylation is 1. The van der Waals surface area contributed by atoms with Crippen LogP contribution in [0.4, 0.5) is 0 Å². The fraction of sp³-hybridized carbons (Fsp3) is 0.474. The number of nitrogens with one attached hydrogen (secondary N) is 1. The third kappa shape index (κ3) is 4.46. The van der Waals surface area contributed by atoms with Crippen molar-refractivity contribution in [2.75, 3.05) is 19.8 Å². The normalized spacial score (nSPS) is 20.4. The largest absolute Gasteiger partial charge is 0.441 e. The van der Waals surface area contributed by atoms with E-state index in [0.29, 0.717) is 36.9 Å². The Morgan fingerprint density at radius 3 is 3.08 bits per heavy atom. The third-order valence-electron chi connectivity index (χ3n) is 4.17. The van der Waals surface area contributed by atoms with Crippen LogP contribution < -0.4 is 5.32 Å². The number of oxazole rings is 1. The number of fused-ring (bicyclic) bond motifs is 1. The molecular weight excluding hydrogens is 320 g/mol. The quantitative estimate of drug-likeness (QED) is 0.844. The van der Waals surface area contributed by atoms with E-state index in [-0.39, 0.29) is 18.1 Å². The van der Waals surface area contributed by atoms with E-state index in [4.69, 9.17) is 13.9 Å². The second kappa shape index (κ2) is 7.80. The number of ether oxygens (including phenoxy) is 2. The average Bonchev–Trinajstić information content (AvgIpc) is 2.95. The molecule has 1 fully saturated rings. The molecule has 0 spiro atoms. The smallest absolute Gasteiger partial charge is 0.251 e. The minimum absolute atomic E-state index is 0.0513. The van der Waals surface area contributed by atoms with Crippen LogP contribution in [0, 0.1) is 6.92 Å². The number of amides is 1. The summed E-state index contributed by atoms with van der Waals surface area (Å²) in [6, 6.07) is 5.09. The molecule has 6 heteroatoms. The van der Waals surface area contributed by atoms with E-state index in [2.05, 4.69) is 10.3 Å². The minimum Gasteiger partial charge on any atom is -0.441 e. The van der Waals surface area contributed by atoms with Crippen LogP contribution >= 0.6 is 0 Å². The third-order valence-corrected chi connectivity index (χ3v) is 4.17. The van der Waals surface area contributed by atoms with E-state index in [1.807, 2.05) is 19.9 Å². The zero-order valence-corrected chi connectivity index (χ0v) is 14.9. The van der Waals surface area contributed by atoms with Crippen molar-refractivity contribution in [3.05, 3.63) is 41.3 Å². The molecule has 0 unspecified atom stereocenters. The van der Waals surface area contributed by atoms with Crippen LogP contribution in [0.25, 0.3) is 11.1 Å². The van der Waals surface area contributed by atoms with Gasteiger partial charge in [0, 0.05) is 19.1 Å². The van der Waals surface area contributed by atoms with Crippen LogP contribution in [0.3, 0.4) is 0 Å². The number of aromatic nitrogens is 1. The van der Waals surface area contributed by atoms with E-state index in [0.717, 1.165) is 11.9 Å². The van der Waals surface area contributed by atoms with Gasteiger partial charge in [0.15, 0.2) is 11.5 Å². The highest BCUT2D eigenvalue weighted by Gasteiger charge is 2.28. The van der Waals surface area contributed by atoms with E-state index in [1.54, 1.807) is 25.1 Å². The summed E-state index contributed by atoms with van der Waals surface area (Å²) in [5, 5.41) is 3.02. The number of hydrogen-bond donors (Lipinski definition) is 1. The molecule has 1 amide bonds.